The van der Waals surface area contributed by atoms with E-state index in [9.17, 15) is 8.78 Å². The van der Waals surface area contributed by atoms with Gasteiger partial charge < -0.3 is 9.47 Å². The molecule has 0 aromatic heterocycles. The SMILES string of the molecule is [2H]C1([2H])N(CC=Cc2ccc(OC)c(OC)c2)C([2H])([2H])C([2H])([2H])N(C(c2ccc(F)cc2)c2ccc(F)cc2)C1([2H])[2H]. The highest BCUT2D eigenvalue weighted by Crippen LogP contribution is 2.30. The maximum atomic E-state index is 13.8. The van der Waals surface area contributed by atoms with E-state index < -0.39 is 50.2 Å². The van der Waals surface area contributed by atoms with E-state index in [1.165, 1.54) is 44.6 Å². The van der Waals surface area contributed by atoms with Crippen molar-refractivity contribution in [3.05, 3.63) is 101 Å². The molecule has 1 aliphatic heterocycles. The fraction of sp³-hybridized carbons (Fsp3) is 0.286. The second-order valence-corrected chi connectivity index (χ2v) is 7.45. The van der Waals surface area contributed by atoms with E-state index in [0.29, 0.717) is 26.9 Å². The first-order valence-corrected chi connectivity index (χ1v) is 10.6. The van der Waals surface area contributed by atoms with E-state index in [-0.39, 0.29) is 11.1 Å². The summed E-state index contributed by atoms with van der Waals surface area (Å²) in [6.45, 7) is -13.0. The monoisotopic (exact) mass is 472 g/mol. The Balaban J connectivity index is 1.79. The molecule has 1 aliphatic rings. The Labute approximate surface area is 211 Å². The minimum atomic E-state index is -3.16. The van der Waals surface area contributed by atoms with Crippen LogP contribution in [0.5, 0.6) is 11.5 Å². The number of piperazine rings is 1. The zero-order chi connectivity index (χ0) is 31.1. The summed E-state index contributed by atoms with van der Waals surface area (Å²) in [5, 5.41) is 0. The molecule has 1 fully saturated rings. The maximum absolute atomic E-state index is 13.8. The van der Waals surface area contributed by atoms with Crippen LogP contribution in [0.4, 0.5) is 8.78 Å². The minimum Gasteiger partial charge on any atom is -0.493 e. The number of methoxy groups -OCH3 is 2. The molecule has 3 aromatic rings. The fourth-order valence-corrected chi connectivity index (χ4v) is 3.54. The fourth-order valence-electron chi connectivity index (χ4n) is 3.54. The van der Waals surface area contributed by atoms with Gasteiger partial charge in [-0.05, 0) is 53.1 Å². The van der Waals surface area contributed by atoms with Crippen LogP contribution in [0.15, 0.2) is 72.8 Å². The molecule has 0 spiro atoms. The molecular formula is C28H30F2N2O2. The molecule has 4 rings (SSSR count). The smallest absolute Gasteiger partial charge is 0.161 e. The summed E-state index contributed by atoms with van der Waals surface area (Å²) in [5.41, 5.74) is 0.916. The lowest BCUT2D eigenvalue weighted by Crippen LogP contribution is -2.47. The third kappa shape index (κ3) is 5.82. The van der Waals surface area contributed by atoms with Gasteiger partial charge in [0.25, 0.3) is 0 Å². The summed E-state index contributed by atoms with van der Waals surface area (Å²) in [4.78, 5) is 0.981. The van der Waals surface area contributed by atoms with Crippen molar-refractivity contribution in [3.63, 3.8) is 0 Å². The summed E-state index contributed by atoms with van der Waals surface area (Å²) in [6.07, 6.45) is 2.95. The van der Waals surface area contributed by atoms with Crippen LogP contribution in [0.25, 0.3) is 6.08 Å². The molecule has 1 saturated heterocycles. The first kappa shape index (κ1) is 15.6. The maximum Gasteiger partial charge on any atom is 0.161 e. The van der Waals surface area contributed by atoms with Crippen molar-refractivity contribution in [2.24, 2.45) is 0 Å². The molecule has 0 atom stereocenters. The van der Waals surface area contributed by atoms with Crippen LogP contribution in [0.3, 0.4) is 0 Å². The molecule has 0 radical (unpaired) electrons. The van der Waals surface area contributed by atoms with E-state index >= 15 is 0 Å². The van der Waals surface area contributed by atoms with Gasteiger partial charge in [0.15, 0.2) is 11.5 Å². The lowest BCUT2D eigenvalue weighted by atomic mass is 9.96. The average molecular weight is 473 g/mol. The standard InChI is InChI=1S/C28H30F2N2O2/c1-33-26-14-5-21(20-27(26)34-2)4-3-15-31-16-18-32(19-17-31)28(22-6-10-24(29)11-7-22)23-8-12-25(30)13-9-23/h3-14,20,28H,15-19H2,1-2H3/i16D2,17D2,18D2,19D2. The van der Waals surface area contributed by atoms with Crippen LogP contribution in [-0.4, -0.2) is 56.6 Å². The van der Waals surface area contributed by atoms with Crippen molar-refractivity contribution < 1.29 is 29.2 Å². The predicted molar refractivity (Wildman–Crippen MR) is 131 cm³/mol. The Morgan fingerprint density at radius 2 is 1.38 bits per heavy atom. The summed E-state index contributed by atoms with van der Waals surface area (Å²) in [5.74, 6) is -0.311. The lowest BCUT2D eigenvalue weighted by molar-refractivity contribution is 0.118. The molecule has 0 aliphatic carbocycles. The van der Waals surface area contributed by atoms with Crippen LogP contribution in [0, 0.1) is 11.6 Å². The van der Waals surface area contributed by atoms with Crippen LogP contribution in [-0.2, 0) is 0 Å². The highest BCUT2D eigenvalue weighted by molar-refractivity contribution is 5.56. The van der Waals surface area contributed by atoms with Gasteiger partial charge in [0.05, 0.1) is 20.3 Å². The molecule has 178 valence electrons. The second kappa shape index (κ2) is 11.3. The Kier molecular flexibility index (Phi) is 5.18. The average Bonchev–Trinajstić information content (AvgIpc) is 2.93. The number of halogens is 2. The topological polar surface area (TPSA) is 24.9 Å². The van der Waals surface area contributed by atoms with Gasteiger partial charge in [0.1, 0.15) is 11.6 Å². The van der Waals surface area contributed by atoms with Crippen LogP contribution >= 0.6 is 0 Å². The molecule has 0 amide bonds. The van der Waals surface area contributed by atoms with Gasteiger partial charge >= 0.3 is 0 Å². The summed E-state index contributed by atoms with van der Waals surface area (Å²) < 4.78 is 109. The normalized spacial score (nSPS) is 24.6. The highest BCUT2D eigenvalue weighted by atomic mass is 19.1. The Hall–Kier alpha value is -3.22. The Morgan fingerprint density at radius 3 is 1.91 bits per heavy atom. The van der Waals surface area contributed by atoms with Crippen molar-refractivity contribution in [3.8, 4) is 11.5 Å². The van der Waals surface area contributed by atoms with Crippen molar-refractivity contribution in [1.82, 2.24) is 9.80 Å². The molecule has 0 saturated carbocycles. The largest absolute Gasteiger partial charge is 0.493 e. The number of nitrogens with zero attached hydrogens (tertiary/aromatic N) is 2. The van der Waals surface area contributed by atoms with Gasteiger partial charge in [-0.15, -0.1) is 0 Å². The van der Waals surface area contributed by atoms with Crippen LogP contribution < -0.4 is 9.47 Å². The van der Waals surface area contributed by atoms with Gasteiger partial charge in [-0.2, -0.15) is 0 Å². The molecule has 0 bridgehead atoms. The number of hydrogen-bond donors (Lipinski definition) is 0. The Morgan fingerprint density at radius 1 is 0.824 bits per heavy atom. The van der Waals surface area contributed by atoms with Crippen LogP contribution in [0.1, 0.15) is 33.7 Å². The predicted octanol–water partition coefficient (Wildman–Crippen LogP) is 5.40. The minimum absolute atomic E-state index is 0.157. The summed E-state index contributed by atoms with van der Waals surface area (Å²) in [7, 11) is 2.94. The van der Waals surface area contributed by atoms with E-state index in [0.717, 1.165) is 24.3 Å². The van der Waals surface area contributed by atoms with Crippen molar-refractivity contribution >= 4 is 6.08 Å². The van der Waals surface area contributed by atoms with Gasteiger partial charge in [-0.1, -0.05) is 42.5 Å². The number of hydrogen-bond acceptors (Lipinski definition) is 4. The lowest BCUT2D eigenvalue weighted by Gasteiger charge is -2.39. The molecule has 0 unspecified atom stereocenters. The number of ether oxygens (including phenoxy) is 2. The van der Waals surface area contributed by atoms with E-state index in [4.69, 9.17) is 20.4 Å². The van der Waals surface area contributed by atoms with Crippen molar-refractivity contribution in [2.45, 2.75) is 6.04 Å². The van der Waals surface area contributed by atoms with Crippen molar-refractivity contribution in [1.29, 1.82) is 0 Å². The molecule has 4 nitrogen and oxygen atoms in total. The zero-order valence-corrected chi connectivity index (χ0v) is 18.8. The summed E-state index contributed by atoms with van der Waals surface area (Å²) in [6, 6.07) is 13.0. The molecule has 0 N–H and O–H groups in total. The number of rotatable bonds is 8. The second-order valence-electron chi connectivity index (χ2n) is 7.45. The quantitative estimate of drug-likeness (QED) is 0.438. The van der Waals surface area contributed by atoms with Crippen LogP contribution in [0.2, 0.25) is 0 Å². The third-order valence-corrected chi connectivity index (χ3v) is 5.25. The first-order chi connectivity index (χ1) is 19.6. The molecule has 3 aromatic carbocycles. The van der Waals surface area contributed by atoms with E-state index in [1.54, 1.807) is 24.3 Å². The van der Waals surface area contributed by atoms with Gasteiger partial charge in [-0.25, -0.2) is 8.78 Å². The van der Waals surface area contributed by atoms with Gasteiger partial charge in [0.2, 0.25) is 0 Å². The Bertz CT molecular complexity index is 1360. The van der Waals surface area contributed by atoms with E-state index in [1.807, 2.05) is 0 Å². The molecule has 6 heteroatoms. The molecule has 34 heavy (non-hydrogen) atoms. The van der Waals surface area contributed by atoms with Gasteiger partial charge in [-0.3, -0.25) is 9.80 Å². The molecular weight excluding hydrogens is 434 g/mol. The van der Waals surface area contributed by atoms with Gasteiger partial charge in [0, 0.05) is 43.5 Å². The highest BCUT2D eigenvalue weighted by Gasteiger charge is 2.26. The van der Waals surface area contributed by atoms with Crippen molar-refractivity contribution in [2.75, 3.05) is 46.8 Å². The third-order valence-electron chi connectivity index (χ3n) is 5.25. The zero-order valence-electron chi connectivity index (χ0n) is 26.8. The van der Waals surface area contributed by atoms with E-state index in [2.05, 4.69) is 0 Å². The number of benzene rings is 3. The first-order valence-electron chi connectivity index (χ1n) is 14.6. The molecule has 1 heterocycles. The summed E-state index contributed by atoms with van der Waals surface area (Å²) >= 11 is 0.